The van der Waals surface area contributed by atoms with E-state index < -0.39 is 28.0 Å². The van der Waals surface area contributed by atoms with Gasteiger partial charge in [-0.2, -0.15) is 0 Å². The molecule has 0 aromatic heterocycles. The second-order valence-electron chi connectivity index (χ2n) is 7.85. The average Bonchev–Trinajstić information content (AvgIpc) is 3.37. The highest BCUT2D eigenvalue weighted by atomic mass is 35.5. The predicted octanol–water partition coefficient (Wildman–Crippen LogP) is 6.95. The molecular formula is C24H18Cl5N3O2. The SMILES string of the molecule is CN(NC(=O)c1cc(NC(=O)[C@H]2[C@H](c3cc(Cl)cc(Cl)c3)C2(Cl)Cl)ccc1Cl)c1ccccc1. The summed E-state index contributed by atoms with van der Waals surface area (Å²) < 4.78 is -1.32. The number of carbonyl (C=O) groups excluding carboxylic acids is 2. The van der Waals surface area contributed by atoms with Crippen LogP contribution in [0.25, 0.3) is 0 Å². The van der Waals surface area contributed by atoms with Gasteiger partial charge in [0.15, 0.2) is 0 Å². The fourth-order valence-corrected chi connectivity index (χ4v) is 5.32. The van der Waals surface area contributed by atoms with E-state index in [1.54, 1.807) is 36.3 Å². The Labute approximate surface area is 221 Å². The van der Waals surface area contributed by atoms with Gasteiger partial charge in [0, 0.05) is 28.7 Å². The van der Waals surface area contributed by atoms with E-state index in [-0.39, 0.29) is 10.6 Å². The predicted molar refractivity (Wildman–Crippen MR) is 140 cm³/mol. The summed E-state index contributed by atoms with van der Waals surface area (Å²) in [4.78, 5) is 25.8. The van der Waals surface area contributed by atoms with Crippen LogP contribution in [0.15, 0.2) is 66.7 Å². The number of nitrogens with one attached hydrogen (secondary N) is 2. The van der Waals surface area contributed by atoms with Crippen molar-refractivity contribution in [2.45, 2.75) is 10.3 Å². The smallest absolute Gasteiger partial charge is 0.271 e. The lowest BCUT2D eigenvalue weighted by Crippen LogP contribution is -2.39. The molecule has 1 fully saturated rings. The minimum absolute atomic E-state index is 0.194. The van der Waals surface area contributed by atoms with Crippen LogP contribution in [0.4, 0.5) is 11.4 Å². The molecule has 0 heterocycles. The maximum absolute atomic E-state index is 13.0. The van der Waals surface area contributed by atoms with Gasteiger partial charge in [-0.3, -0.25) is 20.0 Å². The van der Waals surface area contributed by atoms with E-state index in [0.29, 0.717) is 21.3 Å². The van der Waals surface area contributed by atoms with Crippen molar-refractivity contribution in [3.8, 4) is 0 Å². The van der Waals surface area contributed by atoms with Crippen LogP contribution in [-0.4, -0.2) is 23.2 Å². The zero-order valence-corrected chi connectivity index (χ0v) is 21.4. The van der Waals surface area contributed by atoms with Gasteiger partial charge in [-0.05, 0) is 54.1 Å². The zero-order valence-electron chi connectivity index (χ0n) is 17.7. The van der Waals surface area contributed by atoms with E-state index in [0.717, 1.165) is 5.69 Å². The first-order chi connectivity index (χ1) is 16.1. The molecule has 10 heteroatoms. The van der Waals surface area contributed by atoms with Crippen LogP contribution in [-0.2, 0) is 4.79 Å². The quantitative estimate of drug-likeness (QED) is 0.255. The molecule has 0 aliphatic heterocycles. The van der Waals surface area contributed by atoms with Crippen LogP contribution in [0.3, 0.4) is 0 Å². The number of nitrogens with zero attached hydrogens (tertiary/aromatic N) is 1. The van der Waals surface area contributed by atoms with Crippen LogP contribution < -0.4 is 15.8 Å². The molecule has 4 rings (SSSR count). The van der Waals surface area contributed by atoms with E-state index >= 15 is 0 Å². The lowest BCUT2D eigenvalue weighted by atomic mass is 10.1. The molecule has 0 spiro atoms. The van der Waals surface area contributed by atoms with Crippen molar-refractivity contribution < 1.29 is 9.59 Å². The summed E-state index contributed by atoms with van der Waals surface area (Å²) in [6, 6.07) is 18.9. The molecule has 3 aromatic carbocycles. The molecule has 3 aromatic rings. The third-order valence-electron chi connectivity index (χ3n) is 5.47. The minimum atomic E-state index is -1.32. The molecule has 0 saturated heterocycles. The molecule has 1 saturated carbocycles. The first-order valence-corrected chi connectivity index (χ1v) is 12.0. The third kappa shape index (κ3) is 5.24. The molecule has 1 aliphatic rings. The lowest BCUT2D eigenvalue weighted by Gasteiger charge is -2.20. The number of hydrogen-bond donors (Lipinski definition) is 2. The van der Waals surface area contributed by atoms with Crippen LogP contribution in [0.1, 0.15) is 21.8 Å². The number of hydrogen-bond acceptors (Lipinski definition) is 3. The molecule has 5 nitrogen and oxygen atoms in total. The maximum atomic E-state index is 13.0. The number of anilines is 2. The van der Waals surface area contributed by atoms with Gasteiger partial charge >= 0.3 is 0 Å². The summed E-state index contributed by atoms with van der Waals surface area (Å²) in [5.74, 6) is -2.06. The molecule has 2 atom stereocenters. The fraction of sp³-hybridized carbons (Fsp3) is 0.167. The largest absolute Gasteiger partial charge is 0.326 e. The summed E-state index contributed by atoms with van der Waals surface area (Å²) in [5, 5.41) is 5.42. The molecule has 2 N–H and O–H groups in total. The fourth-order valence-electron chi connectivity index (χ4n) is 3.75. The number of hydrazine groups is 1. The van der Waals surface area contributed by atoms with Crippen molar-refractivity contribution in [1.29, 1.82) is 0 Å². The van der Waals surface area contributed by atoms with Gasteiger partial charge in [0.25, 0.3) is 5.91 Å². The minimum Gasteiger partial charge on any atom is -0.326 e. The molecule has 2 amide bonds. The Kier molecular flexibility index (Phi) is 7.22. The molecule has 0 bridgehead atoms. The lowest BCUT2D eigenvalue weighted by molar-refractivity contribution is -0.117. The monoisotopic (exact) mass is 555 g/mol. The number of rotatable bonds is 6. The first-order valence-electron chi connectivity index (χ1n) is 10.1. The van der Waals surface area contributed by atoms with Crippen molar-refractivity contribution in [2.24, 2.45) is 5.92 Å². The number of amides is 2. The zero-order chi connectivity index (χ0) is 24.6. The highest BCUT2D eigenvalue weighted by Crippen LogP contribution is 2.65. The Hall–Kier alpha value is -2.15. The summed E-state index contributed by atoms with van der Waals surface area (Å²) in [6.07, 6.45) is 0. The summed E-state index contributed by atoms with van der Waals surface area (Å²) in [6.45, 7) is 0. The normalized spacial score (nSPS) is 18.2. The Bertz CT molecular complexity index is 1230. The first kappa shape index (κ1) is 25.0. The Balaban J connectivity index is 1.49. The topological polar surface area (TPSA) is 61.4 Å². The van der Waals surface area contributed by atoms with Crippen LogP contribution >= 0.6 is 58.0 Å². The molecule has 34 heavy (non-hydrogen) atoms. The van der Waals surface area contributed by atoms with Crippen LogP contribution in [0, 0.1) is 5.92 Å². The second-order valence-corrected chi connectivity index (χ2v) is 10.6. The summed E-state index contributed by atoms with van der Waals surface area (Å²) in [5.41, 5.74) is 4.78. The Morgan fingerprint density at radius 3 is 2.21 bits per heavy atom. The molecular weight excluding hydrogens is 540 g/mol. The highest BCUT2D eigenvalue weighted by Gasteiger charge is 2.67. The number of halogens is 5. The highest BCUT2D eigenvalue weighted by molar-refractivity contribution is 6.53. The summed E-state index contributed by atoms with van der Waals surface area (Å²) >= 11 is 31.3. The van der Waals surface area contributed by atoms with Crippen molar-refractivity contribution in [3.63, 3.8) is 0 Å². The van der Waals surface area contributed by atoms with Gasteiger partial charge in [-0.15, -0.1) is 23.2 Å². The van der Waals surface area contributed by atoms with E-state index in [1.807, 2.05) is 30.3 Å². The molecule has 0 radical (unpaired) electrons. The summed E-state index contributed by atoms with van der Waals surface area (Å²) in [7, 11) is 1.71. The number of carbonyl (C=O) groups is 2. The number of para-hydroxylation sites is 1. The molecule has 0 unspecified atom stereocenters. The van der Waals surface area contributed by atoms with Gasteiger partial charge in [-0.25, -0.2) is 0 Å². The van der Waals surface area contributed by atoms with Crippen LogP contribution in [0.2, 0.25) is 15.1 Å². The number of benzene rings is 3. The van der Waals surface area contributed by atoms with Crippen molar-refractivity contribution in [1.82, 2.24) is 5.43 Å². The maximum Gasteiger partial charge on any atom is 0.271 e. The van der Waals surface area contributed by atoms with Gasteiger partial charge in [0.2, 0.25) is 5.91 Å². The average molecular weight is 558 g/mol. The van der Waals surface area contributed by atoms with E-state index in [2.05, 4.69) is 10.7 Å². The second kappa shape index (κ2) is 9.84. The van der Waals surface area contributed by atoms with Crippen molar-refractivity contribution in [3.05, 3.63) is 92.9 Å². The van der Waals surface area contributed by atoms with Gasteiger partial charge in [0.1, 0.15) is 4.33 Å². The van der Waals surface area contributed by atoms with Crippen molar-refractivity contribution >= 4 is 81.2 Å². The van der Waals surface area contributed by atoms with Gasteiger partial charge in [-0.1, -0.05) is 53.0 Å². The molecule has 176 valence electrons. The third-order valence-corrected chi connectivity index (χ3v) is 7.18. The number of alkyl halides is 2. The van der Waals surface area contributed by atoms with Crippen LogP contribution in [0.5, 0.6) is 0 Å². The van der Waals surface area contributed by atoms with E-state index in [9.17, 15) is 9.59 Å². The van der Waals surface area contributed by atoms with Crippen molar-refractivity contribution in [2.75, 3.05) is 17.4 Å². The standard InChI is InChI=1S/C24H18Cl5N3O2/c1-32(17-5-3-2-4-6-17)31-22(33)18-12-16(7-8-19(18)27)30-23(34)21-20(24(21,28)29)13-9-14(25)11-15(26)10-13/h2-12,20-21H,1H3,(H,30,34)(H,31,33)/t20-,21+/m0/s1. The van der Waals surface area contributed by atoms with E-state index in [1.165, 1.54) is 12.1 Å². The van der Waals surface area contributed by atoms with E-state index in [4.69, 9.17) is 58.0 Å². The van der Waals surface area contributed by atoms with Gasteiger partial charge in [0.05, 0.1) is 22.2 Å². The Morgan fingerprint density at radius 1 is 0.912 bits per heavy atom. The Morgan fingerprint density at radius 2 is 1.56 bits per heavy atom. The van der Waals surface area contributed by atoms with Gasteiger partial charge < -0.3 is 5.32 Å². The molecule has 1 aliphatic carbocycles.